The molecular weight excluding hydrogens is 298 g/mol. The highest BCUT2D eigenvalue weighted by molar-refractivity contribution is 6.30. The molecule has 0 atom stereocenters. The van der Waals surface area contributed by atoms with Gasteiger partial charge in [-0.1, -0.05) is 23.7 Å². The van der Waals surface area contributed by atoms with Gasteiger partial charge in [-0.15, -0.1) is 0 Å². The molecule has 0 saturated carbocycles. The Bertz CT molecular complexity index is 604. The van der Waals surface area contributed by atoms with E-state index in [1.807, 2.05) is 43.3 Å². The Morgan fingerprint density at radius 1 is 1.23 bits per heavy atom. The summed E-state index contributed by atoms with van der Waals surface area (Å²) in [4.78, 5) is 18.0. The van der Waals surface area contributed by atoms with Crippen molar-refractivity contribution in [1.29, 1.82) is 0 Å². The first-order valence-electron chi connectivity index (χ1n) is 7.35. The molecule has 0 radical (unpaired) electrons. The van der Waals surface area contributed by atoms with Gasteiger partial charge in [-0.05, 0) is 48.7 Å². The van der Waals surface area contributed by atoms with E-state index in [0.717, 1.165) is 12.0 Å². The second-order valence-electron chi connectivity index (χ2n) is 4.97. The predicted molar refractivity (Wildman–Crippen MR) is 88.9 cm³/mol. The zero-order chi connectivity index (χ0) is 15.8. The van der Waals surface area contributed by atoms with Gasteiger partial charge >= 0.3 is 6.03 Å². The second-order valence-corrected chi connectivity index (χ2v) is 5.41. The average Bonchev–Trinajstić information content (AvgIpc) is 2.54. The number of halogens is 1. The van der Waals surface area contributed by atoms with Crippen LogP contribution in [-0.2, 0) is 13.0 Å². The molecule has 0 spiro atoms. The van der Waals surface area contributed by atoms with Crippen LogP contribution in [0, 0.1) is 0 Å². The quantitative estimate of drug-likeness (QED) is 0.886. The summed E-state index contributed by atoms with van der Waals surface area (Å²) in [5, 5.41) is 3.61. The van der Waals surface area contributed by atoms with E-state index in [-0.39, 0.29) is 6.03 Å². The number of carbonyl (C=O) groups is 1. The van der Waals surface area contributed by atoms with E-state index in [1.165, 1.54) is 5.56 Å². The summed E-state index contributed by atoms with van der Waals surface area (Å²) in [7, 11) is 0. The minimum absolute atomic E-state index is 0.0588. The Balaban J connectivity index is 1.83. The van der Waals surface area contributed by atoms with Crippen molar-refractivity contribution in [3.63, 3.8) is 0 Å². The molecule has 0 fully saturated rings. The summed E-state index contributed by atoms with van der Waals surface area (Å²) in [5.41, 5.74) is 2.17. The van der Waals surface area contributed by atoms with Crippen LogP contribution in [0.5, 0.6) is 0 Å². The lowest BCUT2D eigenvalue weighted by Gasteiger charge is -2.21. The van der Waals surface area contributed by atoms with E-state index in [2.05, 4.69) is 10.3 Å². The number of carbonyl (C=O) groups excluding carboxylic acids is 1. The number of urea groups is 1. The third kappa shape index (κ3) is 5.04. The number of nitrogens with zero attached hydrogens (tertiary/aromatic N) is 2. The largest absolute Gasteiger partial charge is 0.334 e. The highest BCUT2D eigenvalue weighted by Gasteiger charge is 2.11. The number of nitrogens with one attached hydrogen (secondary N) is 1. The molecule has 22 heavy (non-hydrogen) atoms. The van der Waals surface area contributed by atoms with Crippen LogP contribution in [0.4, 0.5) is 4.79 Å². The molecule has 2 amide bonds. The number of hydrogen-bond acceptors (Lipinski definition) is 2. The van der Waals surface area contributed by atoms with Crippen molar-refractivity contribution in [1.82, 2.24) is 15.2 Å². The summed E-state index contributed by atoms with van der Waals surface area (Å²) >= 11 is 5.94. The molecule has 1 heterocycles. The highest BCUT2D eigenvalue weighted by Crippen LogP contribution is 2.10. The van der Waals surface area contributed by atoms with E-state index in [4.69, 9.17) is 11.6 Å². The predicted octanol–water partition coefficient (Wildman–Crippen LogP) is 3.51. The van der Waals surface area contributed by atoms with Crippen LogP contribution >= 0.6 is 11.6 Å². The van der Waals surface area contributed by atoms with E-state index in [9.17, 15) is 4.79 Å². The molecule has 0 aliphatic carbocycles. The first kappa shape index (κ1) is 16.3. The van der Waals surface area contributed by atoms with Gasteiger partial charge in [0.25, 0.3) is 0 Å². The number of pyridine rings is 1. The number of amides is 2. The van der Waals surface area contributed by atoms with Crippen LogP contribution in [0.25, 0.3) is 0 Å². The van der Waals surface area contributed by atoms with Gasteiger partial charge in [-0.25, -0.2) is 4.79 Å². The molecule has 4 nitrogen and oxygen atoms in total. The zero-order valence-electron chi connectivity index (χ0n) is 12.6. The fraction of sp³-hybridized carbons (Fsp3) is 0.294. The topological polar surface area (TPSA) is 45.2 Å². The monoisotopic (exact) mass is 317 g/mol. The molecular formula is C17H20ClN3O. The minimum atomic E-state index is -0.0588. The first-order valence-corrected chi connectivity index (χ1v) is 7.73. The summed E-state index contributed by atoms with van der Waals surface area (Å²) < 4.78 is 0. The van der Waals surface area contributed by atoms with Crippen LogP contribution in [0.1, 0.15) is 18.1 Å². The fourth-order valence-electron chi connectivity index (χ4n) is 2.15. The molecule has 0 bridgehead atoms. The van der Waals surface area contributed by atoms with Crippen LogP contribution < -0.4 is 5.32 Å². The van der Waals surface area contributed by atoms with Gasteiger partial charge < -0.3 is 10.2 Å². The first-order chi connectivity index (χ1) is 10.7. The molecule has 0 unspecified atom stereocenters. The summed E-state index contributed by atoms with van der Waals surface area (Å²) in [6.07, 6.45) is 4.36. The van der Waals surface area contributed by atoms with Gasteiger partial charge in [0.15, 0.2) is 0 Å². The Morgan fingerprint density at radius 2 is 2.00 bits per heavy atom. The maximum absolute atomic E-state index is 12.2. The van der Waals surface area contributed by atoms with Crippen molar-refractivity contribution >= 4 is 17.6 Å². The maximum atomic E-state index is 12.2. The molecule has 0 aliphatic rings. The van der Waals surface area contributed by atoms with Crippen LogP contribution in [0.2, 0.25) is 5.02 Å². The smallest absolute Gasteiger partial charge is 0.317 e. The number of rotatable bonds is 6. The second kappa shape index (κ2) is 8.39. The normalized spacial score (nSPS) is 10.3. The standard InChI is InChI=1S/C17H20ClN3O/c1-2-21(11-8-14-6-9-19-10-7-14)17(22)20-13-15-4-3-5-16(18)12-15/h3-7,9-10,12H,2,8,11,13H2,1H3,(H,20,22). The van der Waals surface area contributed by atoms with Crippen LogP contribution in [0.15, 0.2) is 48.8 Å². The summed E-state index contributed by atoms with van der Waals surface area (Å²) in [5.74, 6) is 0. The number of hydrogen-bond donors (Lipinski definition) is 1. The van der Waals surface area contributed by atoms with Gasteiger partial charge in [0.05, 0.1) is 0 Å². The van der Waals surface area contributed by atoms with Gasteiger partial charge in [-0.2, -0.15) is 0 Å². The SMILES string of the molecule is CCN(CCc1ccncc1)C(=O)NCc1cccc(Cl)c1. The summed E-state index contributed by atoms with van der Waals surface area (Å²) in [6.45, 7) is 3.81. The molecule has 0 aliphatic heterocycles. The zero-order valence-corrected chi connectivity index (χ0v) is 13.4. The minimum Gasteiger partial charge on any atom is -0.334 e. The molecule has 1 aromatic carbocycles. The molecule has 116 valence electrons. The Hall–Kier alpha value is -2.07. The van der Waals surface area contributed by atoms with E-state index in [0.29, 0.717) is 24.7 Å². The molecule has 0 saturated heterocycles. The number of benzene rings is 1. The fourth-order valence-corrected chi connectivity index (χ4v) is 2.37. The molecule has 5 heteroatoms. The Morgan fingerprint density at radius 3 is 2.68 bits per heavy atom. The molecule has 1 aromatic heterocycles. The van der Waals surface area contributed by atoms with Gasteiger partial charge in [0, 0.05) is 37.1 Å². The maximum Gasteiger partial charge on any atom is 0.317 e. The molecule has 1 N–H and O–H groups in total. The van der Waals surface area contributed by atoms with Crippen LogP contribution in [0.3, 0.4) is 0 Å². The Labute approximate surface area is 136 Å². The van der Waals surface area contributed by atoms with Gasteiger partial charge in [-0.3, -0.25) is 4.98 Å². The van der Waals surface area contributed by atoms with Crippen molar-refractivity contribution < 1.29 is 4.79 Å². The van der Waals surface area contributed by atoms with Gasteiger partial charge in [0.2, 0.25) is 0 Å². The average molecular weight is 318 g/mol. The van der Waals surface area contributed by atoms with E-state index in [1.54, 1.807) is 17.3 Å². The Kier molecular flexibility index (Phi) is 6.22. The van der Waals surface area contributed by atoms with Crippen molar-refractivity contribution in [2.45, 2.75) is 19.9 Å². The lowest BCUT2D eigenvalue weighted by molar-refractivity contribution is 0.200. The lowest BCUT2D eigenvalue weighted by atomic mass is 10.2. The van der Waals surface area contributed by atoms with Crippen LogP contribution in [-0.4, -0.2) is 29.0 Å². The van der Waals surface area contributed by atoms with Crippen molar-refractivity contribution in [2.75, 3.05) is 13.1 Å². The van der Waals surface area contributed by atoms with Crippen molar-refractivity contribution in [3.8, 4) is 0 Å². The van der Waals surface area contributed by atoms with E-state index >= 15 is 0 Å². The summed E-state index contributed by atoms with van der Waals surface area (Å²) in [6, 6.07) is 11.4. The van der Waals surface area contributed by atoms with Crippen molar-refractivity contribution in [2.24, 2.45) is 0 Å². The number of likely N-dealkylation sites (N-methyl/N-ethyl adjacent to an activating group) is 1. The highest BCUT2D eigenvalue weighted by atomic mass is 35.5. The molecule has 2 aromatic rings. The third-order valence-electron chi connectivity index (χ3n) is 3.42. The number of aromatic nitrogens is 1. The lowest BCUT2D eigenvalue weighted by Crippen LogP contribution is -2.40. The van der Waals surface area contributed by atoms with Gasteiger partial charge in [0.1, 0.15) is 0 Å². The van der Waals surface area contributed by atoms with Crippen molar-refractivity contribution in [3.05, 3.63) is 64.9 Å². The van der Waals surface area contributed by atoms with E-state index < -0.39 is 0 Å². The third-order valence-corrected chi connectivity index (χ3v) is 3.66. The molecule has 2 rings (SSSR count).